The van der Waals surface area contributed by atoms with Crippen LogP contribution in [0.2, 0.25) is 0 Å². The Kier molecular flexibility index (Phi) is 3.17. The molecule has 1 saturated heterocycles. The first-order chi connectivity index (χ1) is 8.33. The van der Waals surface area contributed by atoms with E-state index in [0.717, 1.165) is 12.5 Å². The second-order valence-corrected chi connectivity index (χ2v) is 5.62. The first kappa shape index (κ1) is 11.2. The quantitative estimate of drug-likeness (QED) is 0.808. The van der Waals surface area contributed by atoms with E-state index in [1.54, 1.807) is 11.1 Å². The predicted molar refractivity (Wildman–Crippen MR) is 71.2 cm³/mol. The van der Waals surface area contributed by atoms with Crippen LogP contribution in [-0.4, -0.2) is 25.2 Å². The Bertz CT molecular complexity index is 363. The Hall–Kier alpha value is -0.860. The Labute approximate surface area is 104 Å². The minimum absolute atomic E-state index is 0.665. The van der Waals surface area contributed by atoms with Gasteiger partial charge in [0.05, 0.1) is 0 Å². The smallest absolute Gasteiger partial charge is 0.0151 e. The summed E-state index contributed by atoms with van der Waals surface area (Å²) in [7, 11) is 0. The summed E-state index contributed by atoms with van der Waals surface area (Å²) in [5.74, 6) is 0.757. The van der Waals surface area contributed by atoms with Crippen LogP contribution in [0.15, 0.2) is 24.3 Å². The number of benzene rings is 1. The molecule has 2 atom stereocenters. The van der Waals surface area contributed by atoms with E-state index in [-0.39, 0.29) is 0 Å². The molecule has 2 heteroatoms. The summed E-state index contributed by atoms with van der Waals surface area (Å²) in [6.07, 6.45) is 3.70. The van der Waals surface area contributed by atoms with E-state index >= 15 is 0 Å². The largest absolute Gasteiger partial charge is 0.316 e. The number of hydrogen-bond donors (Lipinski definition) is 2. The van der Waals surface area contributed by atoms with Crippen LogP contribution < -0.4 is 10.6 Å². The van der Waals surface area contributed by atoms with Crippen molar-refractivity contribution in [2.24, 2.45) is 5.92 Å². The van der Waals surface area contributed by atoms with Crippen molar-refractivity contribution < 1.29 is 0 Å². The van der Waals surface area contributed by atoms with Gasteiger partial charge in [-0.2, -0.15) is 0 Å². The van der Waals surface area contributed by atoms with E-state index in [4.69, 9.17) is 0 Å². The molecule has 1 heterocycles. The molecule has 1 fully saturated rings. The minimum atomic E-state index is 0.665. The van der Waals surface area contributed by atoms with Crippen LogP contribution in [-0.2, 0) is 12.8 Å². The molecule has 2 N–H and O–H groups in total. The molecule has 0 bridgehead atoms. The maximum absolute atomic E-state index is 3.87. The molecule has 92 valence electrons. The monoisotopic (exact) mass is 230 g/mol. The summed E-state index contributed by atoms with van der Waals surface area (Å²) in [5, 5.41) is 7.34. The SMILES string of the molecule is CC1CNCCC1NC1Cc2ccccc2C1. The van der Waals surface area contributed by atoms with Crippen molar-refractivity contribution in [2.45, 2.75) is 38.3 Å². The molecule has 2 aliphatic rings. The lowest BCUT2D eigenvalue weighted by Gasteiger charge is -2.32. The van der Waals surface area contributed by atoms with Crippen molar-refractivity contribution in [3.63, 3.8) is 0 Å². The molecule has 1 aliphatic heterocycles. The van der Waals surface area contributed by atoms with Crippen molar-refractivity contribution >= 4 is 0 Å². The van der Waals surface area contributed by atoms with Crippen molar-refractivity contribution in [1.82, 2.24) is 10.6 Å². The lowest BCUT2D eigenvalue weighted by Crippen LogP contribution is -2.50. The second-order valence-electron chi connectivity index (χ2n) is 5.62. The number of fused-ring (bicyclic) bond motifs is 1. The summed E-state index contributed by atoms with van der Waals surface area (Å²) in [5.41, 5.74) is 3.10. The zero-order valence-corrected chi connectivity index (χ0v) is 10.6. The topological polar surface area (TPSA) is 24.1 Å². The number of hydrogen-bond acceptors (Lipinski definition) is 2. The van der Waals surface area contributed by atoms with Gasteiger partial charge >= 0.3 is 0 Å². The Morgan fingerprint density at radius 2 is 1.88 bits per heavy atom. The second kappa shape index (κ2) is 4.79. The molecular weight excluding hydrogens is 208 g/mol. The summed E-state index contributed by atoms with van der Waals surface area (Å²) >= 11 is 0. The van der Waals surface area contributed by atoms with Gasteiger partial charge in [-0.1, -0.05) is 31.2 Å². The van der Waals surface area contributed by atoms with Gasteiger partial charge in [-0.3, -0.25) is 0 Å². The van der Waals surface area contributed by atoms with Crippen LogP contribution in [0.3, 0.4) is 0 Å². The molecule has 0 amide bonds. The Morgan fingerprint density at radius 3 is 2.53 bits per heavy atom. The molecule has 1 aliphatic carbocycles. The van der Waals surface area contributed by atoms with Crippen LogP contribution in [0.5, 0.6) is 0 Å². The van der Waals surface area contributed by atoms with Gasteiger partial charge in [-0.25, -0.2) is 0 Å². The molecule has 0 saturated carbocycles. The van der Waals surface area contributed by atoms with Gasteiger partial charge in [0.25, 0.3) is 0 Å². The van der Waals surface area contributed by atoms with Crippen LogP contribution >= 0.6 is 0 Å². The maximum atomic E-state index is 3.87. The number of nitrogens with one attached hydrogen (secondary N) is 2. The lowest BCUT2D eigenvalue weighted by molar-refractivity contribution is 0.274. The number of rotatable bonds is 2. The standard InChI is InChI=1S/C15H22N2/c1-11-10-16-7-6-15(11)17-14-8-12-4-2-3-5-13(12)9-14/h2-5,11,14-17H,6-10H2,1H3. The predicted octanol–water partition coefficient (Wildman–Crippen LogP) is 1.74. The van der Waals surface area contributed by atoms with Gasteiger partial charge in [0.15, 0.2) is 0 Å². The Balaban J connectivity index is 1.61. The third kappa shape index (κ3) is 2.38. The summed E-state index contributed by atoms with van der Waals surface area (Å²) in [4.78, 5) is 0. The van der Waals surface area contributed by atoms with Gasteiger partial charge in [0.1, 0.15) is 0 Å². The normalized spacial score (nSPS) is 29.2. The molecule has 2 nitrogen and oxygen atoms in total. The van der Waals surface area contributed by atoms with E-state index in [2.05, 4.69) is 41.8 Å². The fraction of sp³-hybridized carbons (Fsp3) is 0.600. The van der Waals surface area contributed by atoms with Gasteiger partial charge in [-0.05, 0) is 49.4 Å². The number of piperidine rings is 1. The molecule has 1 aromatic rings. The van der Waals surface area contributed by atoms with Crippen molar-refractivity contribution in [1.29, 1.82) is 0 Å². The zero-order chi connectivity index (χ0) is 11.7. The van der Waals surface area contributed by atoms with Crippen LogP contribution in [0, 0.1) is 5.92 Å². The van der Waals surface area contributed by atoms with Crippen molar-refractivity contribution in [3.8, 4) is 0 Å². The zero-order valence-electron chi connectivity index (χ0n) is 10.6. The van der Waals surface area contributed by atoms with Gasteiger partial charge < -0.3 is 10.6 Å². The van der Waals surface area contributed by atoms with Crippen LogP contribution in [0.25, 0.3) is 0 Å². The van der Waals surface area contributed by atoms with Crippen molar-refractivity contribution in [3.05, 3.63) is 35.4 Å². The minimum Gasteiger partial charge on any atom is -0.316 e. The van der Waals surface area contributed by atoms with E-state index in [1.807, 2.05) is 0 Å². The summed E-state index contributed by atoms with van der Waals surface area (Å²) in [6.45, 7) is 4.69. The van der Waals surface area contributed by atoms with Gasteiger partial charge in [0.2, 0.25) is 0 Å². The van der Waals surface area contributed by atoms with Gasteiger partial charge in [-0.15, -0.1) is 0 Å². The van der Waals surface area contributed by atoms with E-state index in [9.17, 15) is 0 Å². The highest BCUT2D eigenvalue weighted by molar-refractivity contribution is 5.33. The Morgan fingerprint density at radius 1 is 1.18 bits per heavy atom. The van der Waals surface area contributed by atoms with E-state index in [1.165, 1.54) is 25.8 Å². The summed E-state index contributed by atoms with van der Waals surface area (Å²) < 4.78 is 0. The van der Waals surface area contributed by atoms with Crippen LogP contribution in [0.1, 0.15) is 24.5 Å². The molecule has 1 aromatic carbocycles. The lowest BCUT2D eigenvalue weighted by atomic mass is 9.94. The average Bonchev–Trinajstić information content (AvgIpc) is 2.74. The average molecular weight is 230 g/mol. The van der Waals surface area contributed by atoms with Gasteiger partial charge in [0, 0.05) is 12.1 Å². The molecule has 3 rings (SSSR count). The first-order valence-electron chi connectivity index (χ1n) is 6.86. The van der Waals surface area contributed by atoms with E-state index < -0.39 is 0 Å². The fourth-order valence-corrected chi connectivity index (χ4v) is 3.24. The molecule has 17 heavy (non-hydrogen) atoms. The van der Waals surface area contributed by atoms with Crippen molar-refractivity contribution in [2.75, 3.05) is 13.1 Å². The third-order valence-electron chi connectivity index (χ3n) is 4.29. The molecule has 0 aromatic heterocycles. The maximum Gasteiger partial charge on any atom is 0.0151 e. The van der Waals surface area contributed by atoms with E-state index in [0.29, 0.717) is 12.1 Å². The highest BCUT2D eigenvalue weighted by atomic mass is 15.0. The van der Waals surface area contributed by atoms with Crippen LogP contribution in [0.4, 0.5) is 0 Å². The third-order valence-corrected chi connectivity index (χ3v) is 4.29. The highest BCUT2D eigenvalue weighted by Gasteiger charge is 2.27. The first-order valence-corrected chi connectivity index (χ1v) is 6.86. The molecular formula is C15H22N2. The molecule has 2 unspecified atom stereocenters. The fourth-order valence-electron chi connectivity index (χ4n) is 3.24. The summed E-state index contributed by atoms with van der Waals surface area (Å²) in [6, 6.07) is 10.3. The molecule has 0 radical (unpaired) electrons. The molecule has 0 spiro atoms. The highest BCUT2D eigenvalue weighted by Crippen LogP contribution is 2.23.